The van der Waals surface area contributed by atoms with E-state index in [4.69, 9.17) is 10.5 Å². The minimum absolute atomic E-state index is 0.163. The van der Waals surface area contributed by atoms with Crippen LogP contribution in [0.4, 0.5) is 0 Å². The molecule has 0 aromatic heterocycles. The van der Waals surface area contributed by atoms with E-state index < -0.39 is 0 Å². The van der Waals surface area contributed by atoms with Crippen molar-refractivity contribution in [3.05, 3.63) is 0 Å². The van der Waals surface area contributed by atoms with Crippen molar-refractivity contribution in [3.63, 3.8) is 0 Å². The zero-order valence-electron chi connectivity index (χ0n) is 12.1. The second-order valence-corrected chi connectivity index (χ2v) is 6.55. The molecule has 4 nitrogen and oxygen atoms in total. The lowest BCUT2D eigenvalue weighted by Crippen LogP contribution is -2.59. The molecule has 0 aromatic rings. The summed E-state index contributed by atoms with van der Waals surface area (Å²) in [5, 5.41) is 0. The molecule has 1 saturated carbocycles. The highest BCUT2D eigenvalue weighted by molar-refractivity contribution is 5.81. The van der Waals surface area contributed by atoms with Gasteiger partial charge in [-0.2, -0.15) is 0 Å². The van der Waals surface area contributed by atoms with Gasteiger partial charge >= 0.3 is 0 Å². The van der Waals surface area contributed by atoms with Gasteiger partial charge in [0.15, 0.2) is 5.96 Å². The highest BCUT2D eigenvalue weighted by Gasteiger charge is 2.47. The van der Waals surface area contributed by atoms with Gasteiger partial charge in [-0.05, 0) is 32.6 Å². The van der Waals surface area contributed by atoms with Gasteiger partial charge in [0.2, 0.25) is 0 Å². The summed E-state index contributed by atoms with van der Waals surface area (Å²) in [5.74, 6) is 0.793. The Bertz CT molecular complexity index is 349. The Balaban J connectivity index is 1.80. The number of rotatable bonds is 1. The molecular formula is C15H27N3O. The van der Waals surface area contributed by atoms with Crippen LogP contribution in [0, 0.1) is 0 Å². The van der Waals surface area contributed by atoms with Gasteiger partial charge in [-0.3, -0.25) is 4.99 Å². The fourth-order valence-corrected chi connectivity index (χ4v) is 4.22. The molecule has 3 rings (SSSR count). The lowest BCUT2D eigenvalue weighted by Gasteiger charge is -2.47. The van der Waals surface area contributed by atoms with E-state index >= 15 is 0 Å². The molecule has 2 atom stereocenters. The third-order valence-corrected chi connectivity index (χ3v) is 5.12. The number of guanidine groups is 1. The maximum Gasteiger partial charge on any atom is 0.192 e. The van der Waals surface area contributed by atoms with Gasteiger partial charge in [-0.15, -0.1) is 0 Å². The van der Waals surface area contributed by atoms with E-state index in [2.05, 4.69) is 16.8 Å². The molecule has 2 aliphatic heterocycles. The maximum atomic E-state index is 6.25. The van der Waals surface area contributed by atoms with Crippen molar-refractivity contribution >= 4 is 5.96 Å². The van der Waals surface area contributed by atoms with Gasteiger partial charge in [-0.25, -0.2) is 0 Å². The molecule has 2 fully saturated rings. The molecule has 0 aromatic carbocycles. The Morgan fingerprint density at radius 2 is 2.00 bits per heavy atom. The monoisotopic (exact) mass is 265 g/mol. The molecule has 1 aliphatic carbocycles. The first-order chi connectivity index (χ1) is 9.21. The van der Waals surface area contributed by atoms with Crippen LogP contribution in [-0.2, 0) is 4.74 Å². The fourth-order valence-electron chi connectivity index (χ4n) is 4.22. The van der Waals surface area contributed by atoms with Gasteiger partial charge in [0.1, 0.15) is 0 Å². The highest BCUT2D eigenvalue weighted by atomic mass is 16.5. The quantitative estimate of drug-likeness (QED) is 0.740. The van der Waals surface area contributed by atoms with Crippen LogP contribution < -0.4 is 5.73 Å². The van der Waals surface area contributed by atoms with E-state index in [1.165, 1.54) is 38.5 Å². The number of nitrogens with zero attached hydrogens (tertiary/aromatic N) is 2. The van der Waals surface area contributed by atoms with E-state index in [-0.39, 0.29) is 5.54 Å². The molecule has 2 unspecified atom stereocenters. The normalized spacial score (nSPS) is 37.4. The second kappa shape index (κ2) is 5.31. The summed E-state index contributed by atoms with van der Waals surface area (Å²) in [4.78, 5) is 7.10. The van der Waals surface area contributed by atoms with Crippen LogP contribution in [0.15, 0.2) is 4.99 Å². The lowest BCUT2D eigenvalue weighted by atomic mass is 9.84. The van der Waals surface area contributed by atoms with E-state index in [1.807, 2.05) is 0 Å². The molecule has 2 heterocycles. The average Bonchev–Trinajstić information content (AvgIpc) is 2.59. The second-order valence-electron chi connectivity index (χ2n) is 6.55. The summed E-state index contributed by atoms with van der Waals surface area (Å²) < 4.78 is 5.74. The number of hydrogen-bond donors (Lipinski definition) is 1. The third kappa shape index (κ3) is 2.47. The summed E-state index contributed by atoms with van der Waals surface area (Å²) in [7, 11) is 0. The van der Waals surface area contributed by atoms with Crippen molar-refractivity contribution in [2.24, 2.45) is 10.7 Å². The molecule has 4 heteroatoms. The lowest BCUT2D eigenvalue weighted by molar-refractivity contribution is -0.0481. The Labute approximate surface area is 116 Å². The first kappa shape index (κ1) is 13.2. The summed E-state index contributed by atoms with van der Waals surface area (Å²) in [5.41, 5.74) is 6.41. The molecular weight excluding hydrogens is 238 g/mol. The molecule has 0 radical (unpaired) electrons. The van der Waals surface area contributed by atoms with Crippen LogP contribution in [0.25, 0.3) is 0 Å². The highest BCUT2D eigenvalue weighted by Crippen LogP contribution is 2.38. The molecule has 1 spiro atoms. The number of nitrogens with two attached hydrogens (primary N) is 1. The Morgan fingerprint density at radius 1 is 1.26 bits per heavy atom. The zero-order valence-corrected chi connectivity index (χ0v) is 12.1. The summed E-state index contributed by atoms with van der Waals surface area (Å²) in [6.45, 7) is 3.91. The average molecular weight is 265 g/mol. The van der Waals surface area contributed by atoms with Gasteiger partial charge in [0.25, 0.3) is 0 Å². The van der Waals surface area contributed by atoms with Crippen LogP contribution in [0.3, 0.4) is 0 Å². The first-order valence-corrected chi connectivity index (χ1v) is 7.92. The molecule has 0 amide bonds. The largest absolute Gasteiger partial charge is 0.378 e. The van der Waals surface area contributed by atoms with Gasteiger partial charge in [-0.1, -0.05) is 25.7 Å². The van der Waals surface area contributed by atoms with Crippen molar-refractivity contribution in [1.82, 2.24) is 4.90 Å². The maximum absolute atomic E-state index is 6.25. The van der Waals surface area contributed by atoms with Crippen LogP contribution in [0.2, 0.25) is 0 Å². The summed E-state index contributed by atoms with van der Waals surface area (Å²) in [6.07, 6.45) is 10.5. The minimum Gasteiger partial charge on any atom is -0.378 e. The van der Waals surface area contributed by atoms with E-state index in [0.717, 1.165) is 32.0 Å². The molecule has 108 valence electrons. The summed E-state index contributed by atoms with van der Waals surface area (Å²) >= 11 is 0. The van der Waals surface area contributed by atoms with Crippen molar-refractivity contribution in [2.75, 3.05) is 13.2 Å². The Morgan fingerprint density at radius 3 is 2.68 bits per heavy atom. The topological polar surface area (TPSA) is 50.9 Å². The predicted molar refractivity (Wildman–Crippen MR) is 77.2 cm³/mol. The van der Waals surface area contributed by atoms with E-state index in [9.17, 15) is 0 Å². The van der Waals surface area contributed by atoms with Crippen molar-refractivity contribution in [1.29, 1.82) is 0 Å². The zero-order chi connectivity index (χ0) is 13.3. The van der Waals surface area contributed by atoms with Crippen LogP contribution >= 0.6 is 0 Å². The fraction of sp³-hybridized carbons (Fsp3) is 0.933. The number of aliphatic imine (C=N–C) groups is 1. The first-order valence-electron chi connectivity index (χ1n) is 7.92. The van der Waals surface area contributed by atoms with Crippen molar-refractivity contribution in [3.8, 4) is 0 Å². The molecule has 1 saturated heterocycles. The van der Waals surface area contributed by atoms with E-state index in [1.54, 1.807) is 0 Å². The SMILES string of the molecule is CC1CC2(CCO1)CN=C(N)N2C1CCCCCC1. The summed E-state index contributed by atoms with van der Waals surface area (Å²) in [6, 6.07) is 0.610. The molecule has 2 N–H and O–H groups in total. The molecule has 3 aliphatic rings. The predicted octanol–water partition coefficient (Wildman–Crippen LogP) is 2.28. The Kier molecular flexibility index (Phi) is 3.70. The standard InChI is InChI=1S/C15H27N3O/c1-12-10-15(8-9-19-12)11-17-14(16)18(15)13-6-4-2-3-5-7-13/h12-13H,2-11H2,1H3,(H2,16,17). The number of ether oxygens (including phenoxy) is 1. The van der Waals surface area contributed by atoms with E-state index in [0.29, 0.717) is 12.1 Å². The Hall–Kier alpha value is -0.770. The molecule has 0 bridgehead atoms. The number of hydrogen-bond acceptors (Lipinski definition) is 4. The third-order valence-electron chi connectivity index (χ3n) is 5.12. The smallest absolute Gasteiger partial charge is 0.192 e. The van der Waals surface area contributed by atoms with Crippen LogP contribution in [0.5, 0.6) is 0 Å². The van der Waals surface area contributed by atoms with Crippen LogP contribution in [-0.4, -0.2) is 41.7 Å². The van der Waals surface area contributed by atoms with Gasteiger partial charge in [0.05, 0.1) is 18.2 Å². The van der Waals surface area contributed by atoms with Crippen molar-refractivity contribution in [2.45, 2.75) is 76.0 Å². The van der Waals surface area contributed by atoms with Gasteiger partial charge in [0, 0.05) is 12.6 Å². The van der Waals surface area contributed by atoms with Crippen molar-refractivity contribution < 1.29 is 4.74 Å². The van der Waals surface area contributed by atoms with Gasteiger partial charge < -0.3 is 15.4 Å². The molecule has 19 heavy (non-hydrogen) atoms. The van der Waals surface area contributed by atoms with Crippen LogP contribution in [0.1, 0.15) is 58.3 Å². The minimum atomic E-state index is 0.163.